The molecule has 21 heavy (non-hydrogen) atoms. The minimum atomic E-state index is -4.76. The summed E-state index contributed by atoms with van der Waals surface area (Å²) in [6, 6.07) is 5.25. The maximum Gasteiger partial charge on any atom is 0.573 e. The molecule has 1 aromatic carbocycles. The molecule has 3 nitrogen and oxygen atoms in total. The SMILES string of the molecule is CC(N)CCCC(C)C(=O)c1cccc(OC(F)(F)F)c1. The first kappa shape index (κ1) is 17.5. The fourth-order valence-corrected chi connectivity index (χ4v) is 2.01. The number of Topliss-reactive ketones (excluding diaryl/α,β-unsaturated/α-hetero) is 1. The Morgan fingerprint density at radius 3 is 2.52 bits per heavy atom. The van der Waals surface area contributed by atoms with Crippen LogP contribution < -0.4 is 10.5 Å². The van der Waals surface area contributed by atoms with Crippen LogP contribution in [0.4, 0.5) is 13.2 Å². The fraction of sp³-hybridized carbons (Fsp3) is 0.533. The zero-order chi connectivity index (χ0) is 16.0. The molecule has 2 N–H and O–H groups in total. The van der Waals surface area contributed by atoms with Crippen LogP contribution in [-0.2, 0) is 0 Å². The van der Waals surface area contributed by atoms with Crippen LogP contribution in [0.15, 0.2) is 24.3 Å². The van der Waals surface area contributed by atoms with E-state index in [1.165, 1.54) is 18.2 Å². The van der Waals surface area contributed by atoms with Gasteiger partial charge < -0.3 is 10.5 Å². The minimum absolute atomic E-state index is 0.0795. The summed E-state index contributed by atoms with van der Waals surface area (Å²) in [7, 11) is 0. The molecule has 0 aliphatic heterocycles. The summed E-state index contributed by atoms with van der Waals surface area (Å²) in [4.78, 5) is 12.2. The molecule has 2 unspecified atom stereocenters. The van der Waals surface area contributed by atoms with Gasteiger partial charge in [-0.3, -0.25) is 4.79 Å². The van der Waals surface area contributed by atoms with E-state index in [1.807, 2.05) is 6.92 Å². The third-order valence-electron chi connectivity index (χ3n) is 3.10. The molecule has 2 atom stereocenters. The summed E-state index contributed by atoms with van der Waals surface area (Å²) in [6.07, 6.45) is -2.48. The third-order valence-corrected chi connectivity index (χ3v) is 3.10. The van der Waals surface area contributed by atoms with Gasteiger partial charge in [0.1, 0.15) is 5.75 Å². The molecule has 0 bridgehead atoms. The van der Waals surface area contributed by atoms with Gasteiger partial charge in [0, 0.05) is 17.5 Å². The van der Waals surface area contributed by atoms with Gasteiger partial charge in [0.05, 0.1) is 0 Å². The molecule has 1 aromatic rings. The molecule has 0 saturated heterocycles. The first-order valence-corrected chi connectivity index (χ1v) is 6.84. The summed E-state index contributed by atoms with van der Waals surface area (Å²) in [5.74, 6) is -0.826. The van der Waals surface area contributed by atoms with Crippen LogP contribution in [0.1, 0.15) is 43.5 Å². The normalized spacial score (nSPS) is 14.6. The van der Waals surface area contributed by atoms with Gasteiger partial charge in [-0.05, 0) is 31.9 Å². The van der Waals surface area contributed by atoms with Gasteiger partial charge in [-0.2, -0.15) is 0 Å². The van der Waals surface area contributed by atoms with E-state index in [4.69, 9.17) is 5.73 Å². The highest BCUT2D eigenvalue weighted by Crippen LogP contribution is 2.25. The molecule has 0 heterocycles. The molecule has 0 spiro atoms. The Balaban J connectivity index is 2.67. The summed E-state index contributed by atoms with van der Waals surface area (Å²) in [6.45, 7) is 3.66. The van der Waals surface area contributed by atoms with E-state index in [-0.39, 0.29) is 29.1 Å². The second kappa shape index (κ2) is 7.45. The number of nitrogens with two attached hydrogens (primary N) is 1. The highest BCUT2D eigenvalue weighted by molar-refractivity contribution is 5.97. The van der Waals surface area contributed by atoms with E-state index in [2.05, 4.69) is 4.74 Å². The average Bonchev–Trinajstić information content (AvgIpc) is 2.35. The van der Waals surface area contributed by atoms with Crippen LogP contribution in [0.3, 0.4) is 0 Å². The molecule has 118 valence electrons. The number of carbonyl (C=O) groups is 1. The van der Waals surface area contributed by atoms with E-state index < -0.39 is 6.36 Å². The van der Waals surface area contributed by atoms with Gasteiger partial charge in [0.2, 0.25) is 0 Å². The lowest BCUT2D eigenvalue weighted by Crippen LogP contribution is -2.18. The summed E-state index contributed by atoms with van der Waals surface area (Å²) in [5.41, 5.74) is 5.86. The minimum Gasteiger partial charge on any atom is -0.406 e. The van der Waals surface area contributed by atoms with E-state index in [0.717, 1.165) is 18.9 Å². The Hall–Kier alpha value is -1.56. The van der Waals surface area contributed by atoms with Gasteiger partial charge in [0.25, 0.3) is 0 Å². The number of hydrogen-bond donors (Lipinski definition) is 1. The Morgan fingerprint density at radius 2 is 1.95 bits per heavy atom. The van der Waals surface area contributed by atoms with Crippen molar-refractivity contribution < 1.29 is 22.7 Å². The van der Waals surface area contributed by atoms with Crippen molar-refractivity contribution in [1.82, 2.24) is 0 Å². The maximum absolute atomic E-state index is 12.2. The Labute approximate surface area is 122 Å². The molecule has 0 amide bonds. The van der Waals surface area contributed by atoms with Crippen LogP contribution >= 0.6 is 0 Å². The fourth-order valence-electron chi connectivity index (χ4n) is 2.01. The molecule has 0 aliphatic rings. The lowest BCUT2D eigenvalue weighted by atomic mass is 9.93. The van der Waals surface area contributed by atoms with Gasteiger partial charge >= 0.3 is 6.36 Å². The number of benzene rings is 1. The van der Waals surface area contributed by atoms with Crippen molar-refractivity contribution in [3.8, 4) is 5.75 Å². The quantitative estimate of drug-likeness (QED) is 0.777. The monoisotopic (exact) mass is 303 g/mol. The van der Waals surface area contributed by atoms with Crippen molar-refractivity contribution in [1.29, 1.82) is 0 Å². The summed E-state index contributed by atoms with van der Waals surface area (Å²) in [5, 5.41) is 0. The third kappa shape index (κ3) is 6.62. The first-order chi connectivity index (χ1) is 9.69. The predicted molar refractivity (Wildman–Crippen MR) is 74.1 cm³/mol. The van der Waals surface area contributed by atoms with Crippen LogP contribution in [-0.4, -0.2) is 18.2 Å². The number of rotatable bonds is 7. The van der Waals surface area contributed by atoms with E-state index in [0.29, 0.717) is 6.42 Å². The topological polar surface area (TPSA) is 52.3 Å². The van der Waals surface area contributed by atoms with Crippen LogP contribution in [0.2, 0.25) is 0 Å². The lowest BCUT2D eigenvalue weighted by molar-refractivity contribution is -0.274. The Kier molecular flexibility index (Phi) is 6.20. The van der Waals surface area contributed by atoms with Crippen molar-refractivity contribution in [2.24, 2.45) is 11.7 Å². The molecule has 0 radical (unpaired) electrons. The second-order valence-corrected chi connectivity index (χ2v) is 5.25. The number of alkyl halides is 3. The summed E-state index contributed by atoms with van der Waals surface area (Å²) < 4.78 is 40.3. The zero-order valence-electron chi connectivity index (χ0n) is 12.1. The largest absolute Gasteiger partial charge is 0.573 e. The molecule has 6 heteroatoms. The van der Waals surface area contributed by atoms with Crippen LogP contribution in [0, 0.1) is 5.92 Å². The molecule has 0 saturated carbocycles. The number of carbonyl (C=O) groups excluding carboxylic acids is 1. The molecule has 1 rings (SSSR count). The second-order valence-electron chi connectivity index (χ2n) is 5.25. The molecular weight excluding hydrogens is 283 g/mol. The molecular formula is C15H20F3NO2. The smallest absolute Gasteiger partial charge is 0.406 e. The number of hydrogen-bond acceptors (Lipinski definition) is 3. The number of halogens is 3. The van der Waals surface area contributed by atoms with Gasteiger partial charge in [-0.1, -0.05) is 25.5 Å². The van der Waals surface area contributed by atoms with Crippen LogP contribution in [0.5, 0.6) is 5.75 Å². The van der Waals surface area contributed by atoms with Gasteiger partial charge in [0.15, 0.2) is 5.78 Å². The lowest BCUT2D eigenvalue weighted by Gasteiger charge is -2.13. The maximum atomic E-state index is 12.2. The van der Waals surface area contributed by atoms with E-state index >= 15 is 0 Å². The summed E-state index contributed by atoms with van der Waals surface area (Å²) >= 11 is 0. The van der Waals surface area contributed by atoms with Crippen molar-refractivity contribution >= 4 is 5.78 Å². The highest BCUT2D eigenvalue weighted by atomic mass is 19.4. The number of ketones is 1. The van der Waals surface area contributed by atoms with E-state index in [1.54, 1.807) is 6.92 Å². The Morgan fingerprint density at radius 1 is 1.29 bits per heavy atom. The van der Waals surface area contributed by atoms with Gasteiger partial charge in [-0.25, -0.2) is 0 Å². The Bertz CT molecular complexity index is 472. The number of ether oxygens (including phenoxy) is 1. The van der Waals surface area contributed by atoms with E-state index in [9.17, 15) is 18.0 Å². The van der Waals surface area contributed by atoms with Crippen molar-refractivity contribution in [3.05, 3.63) is 29.8 Å². The average molecular weight is 303 g/mol. The van der Waals surface area contributed by atoms with Crippen molar-refractivity contribution in [2.45, 2.75) is 45.5 Å². The van der Waals surface area contributed by atoms with Gasteiger partial charge in [-0.15, -0.1) is 13.2 Å². The zero-order valence-corrected chi connectivity index (χ0v) is 12.1. The van der Waals surface area contributed by atoms with Crippen molar-refractivity contribution in [2.75, 3.05) is 0 Å². The first-order valence-electron chi connectivity index (χ1n) is 6.84. The molecule has 0 aliphatic carbocycles. The predicted octanol–water partition coefficient (Wildman–Crippen LogP) is 3.92. The molecule has 0 aromatic heterocycles. The van der Waals surface area contributed by atoms with Crippen LogP contribution in [0.25, 0.3) is 0 Å². The standard InChI is InChI=1S/C15H20F3NO2/c1-10(5-3-6-11(2)19)14(20)12-7-4-8-13(9-12)21-15(16,17)18/h4,7-11H,3,5-6,19H2,1-2H3. The van der Waals surface area contributed by atoms with Crippen molar-refractivity contribution in [3.63, 3.8) is 0 Å². The molecule has 0 fully saturated rings. The highest BCUT2D eigenvalue weighted by Gasteiger charge is 2.31.